The molecule has 3 nitrogen and oxygen atoms in total. The number of nitrogens with one attached hydrogen (secondary N) is 1. The minimum absolute atomic E-state index is 0.234. The van der Waals surface area contributed by atoms with E-state index in [1.807, 2.05) is 7.11 Å². The quantitative estimate of drug-likeness (QED) is 0.743. The van der Waals surface area contributed by atoms with Gasteiger partial charge >= 0.3 is 0 Å². The number of hydrogen-bond donors (Lipinski definition) is 1. The van der Waals surface area contributed by atoms with Gasteiger partial charge in [0.05, 0.1) is 6.54 Å². The first-order valence-corrected chi connectivity index (χ1v) is 5.73. The van der Waals surface area contributed by atoms with Gasteiger partial charge in [0.2, 0.25) is 0 Å². The lowest BCUT2D eigenvalue weighted by molar-refractivity contribution is 0.0841. The zero-order valence-corrected chi connectivity index (χ0v) is 8.96. The standard InChI is InChI=1S/C11H20N2O/c1-14-10(11-12-7-8-13-11)9-5-3-2-4-6-9/h9-10H,2-8H2,1H3,(H,12,13). The molecule has 2 aliphatic rings. The highest BCUT2D eigenvalue weighted by Gasteiger charge is 2.28. The van der Waals surface area contributed by atoms with Crippen molar-refractivity contribution in [2.45, 2.75) is 38.2 Å². The summed E-state index contributed by atoms with van der Waals surface area (Å²) in [6.45, 7) is 1.91. The van der Waals surface area contributed by atoms with E-state index in [0.717, 1.165) is 18.9 Å². The van der Waals surface area contributed by atoms with Crippen molar-refractivity contribution in [2.75, 3.05) is 20.2 Å². The third kappa shape index (κ3) is 2.08. The normalized spacial score (nSPS) is 25.6. The molecule has 3 heteroatoms. The van der Waals surface area contributed by atoms with Gasteiger partial charge < -0.3 is 10.1 Å². The van der Waals surface area contributed by atoms with Crippen LogP contribution in [-0.4, -0.2) is 32.1 Å². The first kappa shape index (κ1) is 9.97. The smallest absolute Gasteiger partial charge is 0.126 e. The van der Waals surface area contributed by atoms with Gasteiger partial charge in [-0.05, 0) is 18.8 Å². The predicted molar refractivity (Wildman–Crippen MR) is 57.7 cm³/mol. The molecule has 2 rings (SSSR count). The van der Waals surface area contributed by atoms with Gasteiger partial charge in [-0.2, -0.15) is 0 Å². The van der Waals surface area contributed by atoms with Crippen LogP contribution in [0.15, 0.2) is 4.99 Å². The van der Waals surface area contributed by atoms with Gasteiger partial charge in [-0.15, -0.1) is 0 Å². The highest BCUT2D eigenvalue weighted by molar-refractivity contribution is 5.88. The lowest BCUT2D eigenvalue weighted by Crippen LogP contribution is -2.39. The number of ether oxygens (including phenoxy) is 1. The Balaban J connectivity index is 1.96. The van der Waals surface area contributed by atoms with Crippen molar-refractivity contribution in [3.63, 3.8) is 0 Å². The van der Waals surface area contributed by atoms with Crippen LogP contribution in [0.1, 0.15) is 32.1 Å². The van der Waals surface area contributed by atoms with Crippen molar-refractivity contribution in [3.05, 3.63) is 0 Å². The molecule has 0 aromatic rings. The number of nitrogens with zero attached hydrogens (tertiary/aromatic N) is 1. The van der Waals surface area contributed by atoms with Crippen LogP contribution in [-0.2, 0) is 4.74 Å². The molecule has 1 aliphatic carbocycles. The minimum Gasteiger partial charge on any atom is -0.373 e. The van der Waals surface area contributed by atoms with E-state index in [1.165, 1.54) is 32.1 Å². The average molecular weight is 196 g/mol. The van der Waals surface area contributed by atoms with Crippen LogP contribution in [0.3, 0.4) is 0 Å². The second kappa shape index (κ2) is 4.78. The average Bonchev–Trinajstić information content (AvgIpc) is 2.74. The molecular formula is C11H20N2O. The number of aliphatic imine (C=N–C) groups is 1. The molecule has 1 N–H and O–H groups in total. The van der Waals surface area contributed by atoms with E-state index >= 15 is 0 Å². The molecule has 1 aliphatic heterocycles. The lowest BCUT2D eigenvalue weighted by atomic mass is 9.85. The highest BCUT2D eigenvalue weighted by atomic mass is 16.5. The van der Waals surface area contributed by atoms with Crippen LogP contribution >= 0.6 is 0 Å². The summed E-state index contributed by atoms with van der Waals surface area (Å²) >= 11 is 0. The molecule has 14 heavy (non-hydrogen) atoms. The molecule has 1 atom stereocenters. The Kier molecular flexibility index (Phi) is 3.40. The maximum atomic E-state index is 5.58. The molecule has 0 spiro atoms. The molecule has 1 fully saturated rings. The Hall–Kier alpha value is -0.570. The second-order valence-electron chi connectivity index (χ2n) is 4.25. The van der Waals surface area contributed by atoms with E-state index in [0.29, 0.717) is 5.92 Å². The molecule has 80 valence electrons. The predicted octanol–water partition coefficient (Wildman–Crippen LogP) is 1.58. The van der Waals surface area contributed by atoms with Crippen molar-refractivity contribution < 1.29 is 4.74 Å². The van der Waals surface area contributed by atoms with Gasteiger partial charge in [-0.3, -0.25) is 4.99 Å². The molecular weight excluding hydrogens is 176 g/mol. The Labute approximate surface area is 85.9 Å². The summed E-state index contributed by atoms with van der Waals surface area (Å²) in [6.07, 6.45) is 6.96. The monoisotopic (exact) mass is 196 g/mol. The number of amidine groups is 1. The maximum Gasteiger partial charge on any atom is 0.126 e. The summed E-state index contributed by atoms with van der Waals surface area (Å²) in [5.41, 5.74) is 0. The molecule has 0 bridgehead atoms. The second-order valence-corrected chi connectivity index (χ2v) is 4.25. The van der Waals surface area contributed by atoms with E-state index in [-0.39, 0.29) is 6.10 Å². The molecule has 1 saturated carbocycles. The maximum absolute atomic E-state index is 5.58. The first-order valence-electron chi connectivity index (χ1n) is 5.73. The van der Waals surface area contributed by atoms with Crippen molar-refractivity contribution >= 4 is 5.84 Å². The van der Waals surface area contributed by atoms with Gasteiger partial charge in [0.1, 0.15) is 11.9 Å². The third-order valence-corrected chi connectivity index (χ3v) is 3.30. The molecule has 0 radical (unpaired) electrons. The van der Waals surface area contributed by atoms with Gasteiger partial charge in [0.25, 0.3) is 0 Å². The van der Waals surface area contributed by atoms with Crippen LogP contribution in [0.5, 0.6) is 0 Å². The Morgan fingerprint density at radius 2 is 2.14 bits per heavy atom. The minimum atomic E-state index is 0.234. The van der Waals surface area contributed by atoms with Crippen LogP contribution < -0.4 is 5.32 Å². The zero-order chi connectivity index (χ0) is 9.80. The van der Waals surface area contributed by atoms with Crippen LogP contribution in [0.4, 0.5) is 0 Å². The Morgan fingerprint density at radius 3 is 2.71 bits per heavy atom. The Morgan fingerprint density at radius 1 is 1.36 bits per heavy atom. The SMILES string of the molecule is COC(C1=NCCN1)C1CCCCC1. The van der Waals surface area contributed by atoms with Crippen molar-refractivity contribution in [1.82, 2.24) is 5.32 Å². The lowest BCUT2D eigenvalue weighted by Gasteiger charge is -2.29. The highest BCUT2D eigenvalue weighted by Crippen LogP contribution is 2.28. The molecule has 0 aromatic heterocycles. The zero-order valence-electron chi connectivity index (χ0n) is 8.96. The topological polar surface area (TPSA) is 33.6 Å². The van der Waals surface area contributed by atoms with E-state index in [9.17, 15) is 0 Å². The molecule has 1 heterocycles. The molecule has 0 saturated heterocycles. The van der Waals surface area contributed by atoms with Crippen LogP contribution in [0, 0.1) is 5.92 Å². The summed E-state index contributed by atoms with van der Waals surface area (Å²) in [5, 5.41) is 3.33. The van der Waals surface area contributed by atoms with Gasteiger partial charge in [-0.1, -0.05) is 19.3 Å². The fourth-order valence-corrected chi connectivity index (χ4v) is 2.57. The Bertz CT molecular complexity index is 209. The summed E-state index contributed by atoms with van der Waals surface area (Å²) < 4.78 is 5.58. The summed E-state index contributed by atoms with van der Waals surface area (Å²) in [4.78, 5) is 4.46. The number of rotatable bonds is 3. The van der Waals surface area contributed by atoms with Crippen molar-refractivity contribution in [3.8, 4) is 0 Å². The van der Waals surface area contributed by atoms with Crippen LogP contribution in [0.2, 0.25) is 0 Å². The van der Waals surface area contributed by atoms with Gasteiger partial charge in [0.15, 0.2) is 0 Å². The van der Waals surface area contributed by atoms with Gasteiger partial charge in [0, 0.05) is 13.7 Å². The number of methoxy groups -OCH3 is 1. The molecule has 0 aromatic carbocycles. The first-order chi connectivity index (χ1) is 6.92. The van der Waals surface area contributed by atoms with Crippen LogP contribution in [0.25, 0.3) is 0 Å². The van der Waals surface area contributed by atoms with E-state index in [2.05, 4.69) is 10.3 Å². The summed E-state index contributed by atoms with van der Waals surface area (Å²) in [5.74, 6) is 1.79. The third-order valence-electron chi connectivity index (χ3n) is 3.30. The van der Waals surface area contributed by atoms with Crippen molar-refractivity contribution in [2.24, 2.45) is 10.9 Å². The van der Waals surface area contributed by atoms with E-state index in [4.69, 9.17) is 4.74 Å². The fraction of sp³-hybridized carbons (Fsp3) is 0.909. The molecule has 0 amide bonds. The van der Waals surface area contributed by atoms with Crippen molar-refractivity contribution in [1.29, 1.82) is 0 Å². The van der Waals surface area contributed by atoms with E-state index < -0.39 is 0 Å². The summed E-state index contributed by atoms with van der Waals surface area (Å²) in [7, 11) is 1.81. The van der Waals surface area contributed by atoms with E-state index in [1.54, 1.807) is 0 Å². The number of hydrogen-bond acceptors (Lipinski definition) is 3. The molecule has 1 unspecified atom stereocenters. The fourth-order valence-electron chi connectivity index (χ4n) is 2.57. The summed E-state index contributed by atoms with van der Waals surface area (Å²) in [6, 6.07) is 0. The van der Waals surface area contributed by atoms with Gasteiger partial charge in [-0.25, -0.2) is 0 Å². The largest absolute Gasteiger partial charge is 0.373 e.